The van der Waals surface area contributed by atoms with E-state index in [1.165, 1.54) is 0 Å². The second-order valence-corrected chi connectivity index (χ2v) is 4.04. The molecule has 0 N–H and O–H groups in total. The Labute approximate surface area is 106 Å². The van der Waals surface area contributed by atoms with Gasteiger partial charge in [0.15, 0.2) is 5.78 Å². The average molecular weight is 241 g/mol. The highest BCUT2D eigenvalue weighted by Gasteiger charge is 2.10. The van der Waals surface area contributed by atoms with Crippen LogP contribution in [0.1, 0.15) is 28.4 Å². The molecule has 0 saturated carbocycles. The summed E-state index contributed by atoms with van der Waals surface area (Å²) in [5.41, 5.74) is 2.28. The maximum atomic E-state index is 12.3. The van der Waals surface area contributed by atoms with Crippen LogP contribution in [0.4, 0.5) is 0 Å². The van der Waals surface area contributed by atoms with Crippen molar-refractivity contribution in [3.8, 4) is 5.75 Å². The van der Waals surface area contributed by atoms with Crippen molar-refractivity contribution in [2.45, 2.75) is 13.8 Å². The molecule has 0 aliphatic carbocycles. The van der Waals surface area contributed by atoms with Crippen molar-refractivity contribution in [1.82, 2.24) is 4.98 Å². The average Bonchev–Trinajstić information content (AvgIpc) is 2.39. The second kappa shape index (κ2) is 5.45. The van der Waals surface area contributed by atoms with E-state index in [9.17, 15) is 4.79 Å². The van der Waals surface area contributed by atoms with Crippen LogP contribution in [0, 0.1) is 6.92 Å². The number of hydrogen-bond acceptors (Lipinski definition) is 3. The molecule has 0 amide bonds. The first-order valence-corrected chi connectivity index (χ1v) is 5.90. The zero-order valence-electron chi connectivity index (χ0n) is 10.5. The zero-order chi connectivity index (χ0) is 13.0. The molecule has 0 fully saturated rings. The lowest BCUT2D eigenvalue weighted by Crippen LogP contribution is -2.03. The van der Waals surface area contributed by atoms with Crippen molar-refractivity contribution < 1.29 is 9.53 Å². The molecule has 1 aromatic carbocycles. The Morgan fingerprint density at radius 3 is 2.78 bits per heavy atom. The van der Waals surface area contributed by atoms with Crippen molar-refractivity contribution in [2.75, 3.05) is 6.61 Å². The van der Waals surface area contributed by atoms with Crippen LogP contribution in [0.5, 0.6) is 5.75 Å². The van der Waals surface area contributed by atoms with Gasteiger partial charge in [-0.05, 0) is 26.0 Å². The third-order valence-electron chi connectivity index (χ3n) is 2.57. The number of ketones is 1. The van der Waals surface area contributed by atoms with Gasteiger partial charge in [0.2, 0.25) is 0 Å². The maximum Gasteiger partial charge on any atom is 0.194 e. The first-order valence-electron chi connectivity index (χ1n) is 5.90. The maximum absolute atomic E-state index is 12.3. The van der Waals surface area contributed by atoms with Gasteiger partial charge >= 0.3 is 0 Å². The fraction of sp³-hybridized carbons (Fsp3) is 0.200. The van der Waals surface area contributed by atoms with Gasteiger partial charge in [0, 0.05) is 17.3 Å². The Bertz CT molecular complexity index is 564. The molecule has 3 heteroatoms. The van der Waals surface area contributed by atoms with E-state index in [1.807, 2.05) is 38.1 Å². The van der Waals surface area contributed by atoms with Crippen LogP contribution in [-0.4, -0.2) is 17.4 Å². The normalized spacial score (nSPS) is 10.1. The van der Waals surface area contributed by atoms with Gasteiger partial charge in [0.25, 0.3) is 0 Å². The van der Waals surface area contributed by atoms with Gasteiger partial charge in [-0.25, -0.2) is 0 Å². The molecule has 2 rings (SSSR count). The quantitative estimate of drug-likeness (QED) is 0.772. The Kier molecular flexibility index (Phi) is 3.72. The van der Waals surface area contributed by atoms with Gasteiger partial charge in [-0.1, -0.05) is 23.8 Å². The lowest BCUT2D eigenvalue weighted by Gasteiger charge is -2.05. The Morgan fingerprint density at radius 1 is 1.22 bits per heavy atom. The molecule has 18 heavy (non-hydrogen) atoms. The smallest absolute Gasteiger partial charge is 0.194 e. The number of carbonyl (C=O) groups excluding carboxylic acids is 1. The van der Waals surface area contributed by atoms with Crippen LogP contribution >= 0.6 is 0 Å². The van der Waals surface area contributed by atoms with Gasteiger partial charge < -0.3 is 4.74 Å². The highest BCUT2D eigenvalue weighted by Crippen LogP contribution is 2.15. The summed E-state index contributed by atoms with van der Waals surface area (Å²) in [5, 5.41) is 0. The van der Waals surface area contributed by atoms with Gasteiger partial charge in [0.1, 0.15) is 5.75 Å². The first-order chi connectivity index (χ1) is 8.70. The summed E-state index contributed by atoms with van der Waals surface area (Å²) in [5.74, 6) is 0.587. The Hall–Kier alpha value is -2.16. The van der Waals surface area contributed by atoms with Crippen LogP contribution in [0.2, 0.25) is 0 Å². The Morgan fingerprint density at radius 2 is 2.06 bits per heavy atom. The van der Waals surface area contributed by atoms with Crippen molar-refractivity contribution >= 4 is 5.78 Å². The topological polar surface area (TPSA) is 39.2 Å². The van der Waals surface area contributed by atoms with Gasteiger partial charge in [-0.15, -0.1) is 0 Å². The molecule has 3 nitrogen and oxygen atoms in total. The molecular weight excluding hydrogens is 226 g/mol. The molecular formula is C15H15NO2. The number of nitrogens with zero attached hydrogens (tertiary/aromatic N) is 1. The number of carbonyl (C=O) groups is 1. The molecule has 0 aliphatic heterocycles. The summed E-state index contributed by atoms with van der Waals surface area (Å²) in [7, 11) is 0. The van der Waals surface area contributed by atoms with Crippen LogP contribution in [-0.2, 0) is 0 Å². The first kappa shape index (κ1) is 12.3. The van der Waals surface area contributed by atoms with Crippen LogP contribution < -0.4 is 4.74 Å². The molecule has 1 aromatic heterocycles. The molecule has 0 spiro atoms. The number of benzene rings is 1. The second-order valence-electron chi connectivity index (χ2n) is 4.04. The van der Waals surface area contributed by atoms with E-state index in [4.69, 9.17) is 4.74 Å². The third-order valence-corrected chi connectivity index (χ3v) is 2.57. The molecule has 0 saturated heterocycles. The van der Waals surface area contributed by atoms with E-state index in [0.29, 0.717) is 23.5 Å². The minimum Gasteiger partial charge on any atom is -0.492 e. The van der Waals surface area contributed by atoms with E-state index < -0.39 is 0 Å². The van der Waals surface area contributed by atoms with Crippen molar-refractivity contribution in [3.05, 3.63) is 59.4 Å². The largest absolute Gasteiger partial charge is 0.492 e. The van der Waals surface area contributed by atoms with Gasteiger partial charge in [-0.2, -0.15) is 0 Å². The summed E-state index contributed by atoms with van der Waals surface area (Å²) in [6.45, 7) is 4.42. The predicted octanol–water partition coefficient (Wildman–Crippen LogP) is 3.02. The van der Waals surface area contributed by atoms with Gasteiger partial charge in [-0.3, -0.25) is 9.78 Å². The van der Waals surface area contributed by atoms with Crippen molar-refractivity contribution in [3.63, 3.8) is 0 Å². The molecule has 92 valence electrons. The van der Waals surface area contributed by atoms with Crippen LogP contribution in [0.25, 0.3) is 0 Å². The highest BCUT2D eigenvalue weighted by molar-refractivity contribution is 6.09. The van der Waals surface area contributed by atoms with Crippen molar-refractivity contribution in [1.29, 1.82) is 0 Å². The Balaban J connectivity index is 2.31. The minimum absolute atomic E-state index is 0.0345. The summed E-state index contributed by atoms with van der Waals surface area (Å²) in [4.78, 5) is 16.3. The number of rotatable bonds is 4. The monoisotopic (exact) mass is 241 g/mol. The zero-order valence-corrected chi connectivity index (χ0v) is 10.5. The fourth-order valence-electron chi connectivity index (χ4n) is 1.74. The van der Waals surface area contributed by atoms with E-state index in [1.54, 1.807) is 18.5 Å². The molecule has 1 heterocycles. The number of hydrogen-bond donors (Lipinski definition) is 0. The summed E-state index contributed by atoms with van der Waals surface area (Å²) in [6, 6.07) is 9.24. The standard InChI is InChI=1S/C15H15NO2/c1-3-18-14-8-13(9-16-10-14)15(17)12-6-4-5-11(2)7-12/h4-10H,3H2,1-2H3. The number of ether oxygens (including phenoxy) is 1. The van der Waals surface area contributed by atoms with Gasteiger partial charge in [0.05, 0.1) is 12.8 Å². The van der Waals surface area contributed by atoms with E-state index in [-0.39, 0.29) is 5.78 Å². The lowest BCUT2D eigenvalue weighted by molar-refractivity contribution is 0.103. The number of aryl methyl sites for hydroxylation is 1. The fourth-order valence-corrected chi connectivity index (χ4v) is 1.74. The summed E-state index contributed by atoms with van der Waals surface area (Å²) < 4.78 is 5.34. The number of pyridine rings is 1. The highest BCUT2D eigenvalue weighted by atomic mass is 16.5. The molecule has 0 atom stereocenters. The predicted molar refractivity (Wildman–Crippen MR) is 70.0 cm³/mol. The minimum atomic E-state index is -0.0345. The molecule has 0 aliphatic rings. The molecule has 0 radical (unpaired) electrons. The molecule has 0 unspecified atom stereocenters. The number of aromatic nitrogens is 1. The van der Waals surface area contributed by atoms with Crippen molar-refractivity contribution in [2.24, 2.45) is 0 Å². The van der Waals surface area contributed by atoms with Crippen LogP contribution in [0.15, 0.2) is 42.7 Å². The lowest BCUT2D eigenvalue weighted by atomic mass is 10.0. The summed E-state index contributed by atoms with van der Waals surface area (Å²) >= 11 is 0. The van der Waals surface area contributed by atoms with E-state index in [2.05, 4.69) is 4.98 Å². The van der Waals surface area contributed by atoms with E-state index in [0.717, 1.165) is 5.56 Å². The van der Waals surface area contributed by atoms with Crippen LogP contribution in [0.3, 0.4) is 0 Å². The molecule has 0 bridgehead atoms. The van der Waals surface area contributed by atoms with E-state index >= 15 is 0 Å². The molecule has 2 aromatic rings. The third kappa shape index (κ3) is 2.74. The summed E-state index contributed by atoms with van der Waals surface area (Å²) in [6.07, 6.45) is 3.17. The SMILES string of the molecule is CCOc1cncc(C(=O)c2cccc(C)c2)c1.